The molecule has 0 heterocycles. The van der Waals surface area contributed by atoms with Crippen molar-refractivity contribution in [2.75, 3.05) is 0 Å². The van der Waals surface area contributed by atoms with Gasteiger partial charge in [-0.2, -0.15) is 0 Å². The Morgan fingerprint density at radius 2 is 1.62 bits per heavy atom. The lowest BCUT2D eigenvalue weighted by Gasteiger charge is -2.57. The lowest BCUT2D eigenvalue weighted by Crippen LogP contribution is -2.49. The molecular weight excluding hydrogens is 202 g/mol. The predicted molar refractivity (Wildman–Crippen MR) is 60.8 cm³/mol. The quantitative estimate of drug-likeness (QED) is 0.769. The van der Waals surface area contributed by atoms with Crippen molar-refractivity contribution >= 4 is 5.97 Å². The van der Waals surface area contributed by atoms with Gasteiger partial charge in [0, 0.05) is 0 Å². The number of aliphatic carboxylic acids is 1. The molecule has 0 saturated heterocycles. The SMILES string of the molecule is NC(CC12CC3CC(CC(C3)C1)C2)C(=O)O. The van der Waals surface area contributed by atoms with Gasteiger partial charge < -0.3 is 10.8 Å². The molecule has 0 radical (unpaired) electrons. The summed E-state index contributed by atoms with van der Waals surface area (Å²) in [6, 6.07) is -0.642. The number of carboxylic acid groups (broad SMARTS) is 1. The second-order valence-electron chi connectivity index (χ2n) is 6.57. The maximum atomic E-state index is 10.9. The molecule has 16 heavy (non-hydrogen) atoms. The normalized spacial score (nSPS) is 46.9. The number of hydrogen-bond donors (Lipinski definition) is 2. The number of carboxylic acids is 1. The molecule has 0 aliphatic heterocycles. The minimum Gasteiger partial charge on any atom is -0.480 e. The van der Waals surface area contributed by atoms with Crippen LogP contribution >= 0.6 is 0 Å². The van der Waals surface area contributed by atoms with Gasteiger partial charge in [0.2, 0.25) is 0 Å². The fourth-order valence-electron chi connectivity index (χ4n) is 5.09. The standard InChI is InChI=1S/C13H21NO2/c14-11(12(15)16)7-13-4-8-1-9(5-13)3-10(2-8)6-13/h8-11H,1-7,14H2,(H,15,16). The summed E-state index contributed by atoms with van der Waals surface area (Å²) in [4.78, 5) is 10.9. The van der Waals surface area contributed by atoms with Crippen molar-refractivity contribution in [3.8, 4) is 0 Å². The molecule has 1 unspecified atom stereocenters. The van der Waals surface area contributed by atoms with Crippen LogP contribution in [-0.2, 0) is 4.79 Å². The first-order valence-corrected chi connectivity index (χ1v) is 6.55. The van der Waals surface area contributed by atoms with Crippen molar-refractivity contribution < 1.29 is 9.90 Å². The average molecular weight is 223 g/mol. The number of hydrogen-bond acceptors (Lipinski definition) is 2. The third kappa shape index (κ3) is 1.65. The smallest absolute Gasteiger partial charge is 0.320 e. The Kier molecular flexibility index (Phi) is 2.29. The fraction of sp³-hybridized carbons (Fsp3) is 0.923. The first kappa shape index (κ1) is 10.6. The van der Waals surface area contributed by atoms with Crippen molar-refractivity contribution in [2.45, 2.75) is 51.0 Å². The Morgan fingerprint density at radius 3 is 2.00 bits per heavy atom. The Labute approximate surface area is 96.4 Å². The monoisotopic (exact) mass is 223 g/mol. The predicted octanol–water partition coefficient (Wildman–Crippen LogP) is 2.00. The maximum absolute atomic E-state index is 10.9. The third-order valence-electron chi connectivity index (χ3n) is 5.14. The van der Waals surface area contributed by atoms with E-state index in [-0.39, 0.29) is 0 Å². The first-order chi connectivity index (χ1) is 7.56. The van der Waals surface area contributed by atoms with Gasteiger partial charge in [0.05, 0.1) is 0 Å². The van der Waals surface area contributed by atoms with E-state index in [2.05, 4.69) is 0 Å². The van der Waals surface area contributed by atoms with Gasteiger partial charge in [-0.3, -0.25) is 4.79 Å². The molecule has 4 fully saturated rings. The molecule has 4 rings (SSSR count). The topological polar surface area (TPSA) is 63.3 Å². The van der Waals surface area contributed by atoms with Gasteiger partial charge in [-0.1, -0.05) is 0 Å². The van der Waals surface area contributed by atoms with Crippen LogP contribution in [-0.4, -0.2) is 17.1 Å². The van der Waals surface area contributed by atoms with Crippen LogP contribution in [0.1, 0.15) is 44.9 Å². The van der Waals surface area contributed by atoms with Crippen LogP contribution in [0.5, 0.6) is 0 Å². The number of carbonyl (C=O) groups is 1. The molecular formula is C13H21NO2. The van der Waals surface area contributed by atoms with Gasteiger partial charge in [-0.05, 0) is 68.1 Å². The molecule has 1 atom stereocenters. The highest BCUT2D eigenvalue weighted by Crippen LogP contribution is 2.61. The minimum absolute atomic E-state index is 0.298. The van der Waals surface area contributed by atoms with Crippen LogP contribution in [0.4, 0.5) is 0 Å². The Balaban J connectivity index is 1.76. The molecule has 4 aliphatic carbocycles. The average Bonchev–Trinajstić information content (AvgIpc) is 2.13. The molecule has 3 nitrogen and oxygen atoms in total. The summed E-state index contributed by atoms with van der Waals surface area (Å²) in [5.74, 6) is 1.82. The summed E-state index contributed by atoms with van der Waals surface area (Å²) in [6.45, 7) is 0. The molecule has 4 bridgehead atoms. The van der Waals surface area contributed by atoms with Crippen LogP contribution in [0.3, 0.4) is 0 Å². The Bertz CT molecular complexity index is 278. The van der Waals surface area contributed by atoms with E-state index in [4.69, 9.17) is 10.8 Å². The van der Waals surface area contributed by atoms with Crippen LogP contribution in [0.25, 0.3) is 0 Å². The molecule has 0 aromatic carbocycles. The largest absolute Gasteiger partial charge is 0.480 e. The fourth-order valence-corrected chi connectivity index (χ4v) is 5.09. The van der Waals surface area contributed by atoms with Crippen LogP contribution in [0.15, 0.2) is 0 Å². The van der Waals surface area contributed by atoms with Crippen molar-refractivity contribution in [3.05, 3.63) is 0 Å². The highest BCUT2D eigenvalue weighted by Gasteiger charge is 2.51. The summed E-state index contributed by atoms with van der Waals surface area (Å²) in [5, 5.41) is 8.96. The summed E-state index contributed by atoms with van der Waals surface area (Å²) in [6.07, 6.45) is 8.68. The molecule has 4 aliphatic rings. The molecule has 3 heteroatoms. The van der Waals surface area contributed by atoms with Gasteiger partial charge in [-0.15, -0.1) is 0 Å². The van der Waals surface area contributed by atoms with Crippen molar-refractivity contribution in [1.29, 1.82) is 0 Å². The molecule has 0 aromatic rings. The van der Waals surface area contributed by atoms with Gasteiger partial charge >= 0.3 is 5.97 Å². The highest BCUT2D eigenvalue weighted by atomic mass is 16.4. The zero-order valence-electron chi connectivity index (χ0n) is 9.69. The summed E-state index contributed by atoms with van der Waals surface area (Å²) >= 11 is 0. The van der Waals surface area contributed by atoms with Crippen LogP contribution < -0.4 is 5.73 Å². The van der Waals surface area contributed by atoms with Crippen molar-refractivity contribution in [1.82, 2.24) is 0 Å². The first-order valence-electron chi connectivity index (χ1n) is 6.55. The third-order valence-corrected chi connectivity index (χ3v) is 5.14. The number of rotatable bonds is 3. The molecule has 0 spiro atoms. The maximum Gasteiger partial charge on any atom is 0.320 e. The lowest BCUT2D eigenvalue weighted by molar-refractivity contribution is -0.141. The van der Waals surface area contributed by atoms with E-state index in [1.54, 1.807) is 0 Å². The Hall–Kier alpha value is -0.570. The van der Waals surface area contributed by atoms with E-state index < -0.39 is 12.0 Å². The zero-order chi connectivity index (χ0) is 11.3. The zero-order valence-corrected chi connectivity index (χ0v) is 9.69. The lowest BCUT2D eigenvalue weighted by atomic mass is 9.48. The summed E-state index contributed by atoms with van der Waals surface area (Å²) in [7, 11) is 0. The second-order valence-corrected chi connectivity index (χ2v) is 6.57. The highest BCUT2D eigenvalue weighted by molar-refractivity contribution is 5.73. The summed E-state index contributed by atoms with van der Waals surface area (Å²) < 4.78 is 0. The number of nitrogens with two attached hydrogens (primary N) is 1. The van der Waals surface area contributed by atoms with E-state index in [9.17, 15) is 4.79 Å². The van der Waals surface area contributed by atoms with Crippen molar-refractivity contribution in [3.63, 3.8) is 0 Å². The van der Waals surface area contributed by atoms with E-state index in [0.717, 1.165) is 17.8 Å². The Morgan fingerprint density at radius 1 is 1.19 bits per heavy atom. The van der Waals surface area contributed by atoms with Crippen LogP contribution in [0.2, 0.25) is 0 Å². The van der Waals surface area contributed by atoms with E-state index in [1.165, 1.54) is 38.5 Å². The second kappa shape index (κ2) is 3.46. The summed E-state index contributed by atoms with van der Waals surface area (Å²) in [5.41, 5.74) is 6.04. The van der Waals surface area contributed by atoms with Gasteiger partial charge in [0.25, 0.3) is 0 Å². The van der Waals surface area contributed by atoms with Gasteiger partial charge in [-0.25, -0.2) is 0 Å². The van der Waals surface area contributed by atoms with E-state index >= 15 is 0 Å². The van der Waals surface area contributed by atoms with Gasteiger partial charge in [0.1, 0.15) is 6.04 Å². The molecule has 0 aromatic heterocycles. The molecule has 0 amide bonds. The van der Waals surface area contributed by atoms with E-state index in [1.807, 2.05) is 0 Å². The molecule has 4 saturated carbocycles. The van der Waals surface area contributed by atoms with Gasteiger partial charge in [0.15, 0.2) is 0 Å². The minimum atomic E-state index is -0.823. The van der Waals surface area contributed by atoms with Crippen LogP contribution in [0, 0.1) is 23.2 Å². The van der Waals surface area contributed by atoms with E-state index in [0.29, 0.717) is 11.8 Å². The molecule has 3 N–H and O–H groups in total. The van der Waals surface area contributed by atoms with Crippen molar-refractivity contribution in [2.24, 2.45) is 28.9 Å². The molecule has 90 valence electrons.